The van der Waals surface area contributed by atoms with Crippen molar-refractivity contribution in [3.63, 3.8) is 0 Å². The summed E-state index contributed by atoms with van der Waals surface area (Å²) in [5.74, 6) is 0. The summed E-state index contributed by atoms with van der Waals surface area (Å²) < 4.78 is 0. The molecule has 3 aliphatic rings. The van der Waals surface area contributed by atoms with Crippen LogP contribution in [0, 0.1) is 10.8 Å². The Morgan fingerprint density at radius 1 is 0.700 bits per heavy atom. The SMILES string of the molecule is CC1(C)C[C@H](NC(=O)NC2CCCCC2)C[C@](C)(CNC(=O)NC2CCCCC2)C1. The zero-order valence-electron chi connectivity index (χ0n) is 19.4. The van der Waals surface area contributed by atoms with Crippen LogP contribution in [0.4, 0.5) is 9.59 Å². The van der Waals surface area contributed by atoms with Gasteiger partial charge in [0, 0.05) is 24.7 Å². The number of nitrogens with one attached hydrogen (secondary N) is 4. The van der Waals surface area contributed by atoms with Crippen LogP contribution in [-0.4, -0.2) is 36.7 Å². The van der Waals surface area contributed by atoms with Crippen LogP contribution in [-0.2, 0) is 0 Å². The molecule has 0 aromatic rings. The standard InChI is InChI=1S/C24H44N4O2/c1-23(2)14-20(28-22(30)27-19-12-8-5-9-13-19)15-24(3,16-23)17-25-21(29)26-18-10-6-4-7-11-18/h18-20H,4-17H2,1-3H3,(H2,25,26,29)(H2,27,28,30)/t20-,24-/m0/s1. The summed E-state index contributed by atoms with van der Waals surface area (Å²) in [4.78, 5) is 25.0. The van der Waals surface area contributed by atoms with Crippen molar-refractivity contribution in [3.8, 4) is 0 Å². The van der Waals surface area contributed by atoms with Crippen LogP contribution in [0.3, 0.4) is 0 Å². The molecule has 2 atom stereocenters. The van der Waals surface area contributed by atoms with E-state index in [1.165, 1.54) is 38.5 Å². The van der Waals surface area contributed by atoms with Gasteiger partial charge in [-0.25, -0.2) is 9.59 Å². The number of carbonyl (C=O) groups excluding carboxylic acids is 2. The highest BCUT2D eigenvalue weighted by molar-refractivity contribution is 5.75. The van der Waals surface area contributed by atoms with E-state index < -0.39 is 0 Å². The topological polar surface area (TPSA) is 82.3 Å². The molecular weight excluding hydrogens is 376 g/mol. The average molecular weight is 421 g/mol. The summed E-state index contributed by atoms with van der Waals surface area (Å²) in [6, 6.07) is 0.741. The predicted molar refractivity (Wildman–Crippen MR) is 121 cm³/mol. The zero-order valence-corrected chi connectivity index (χ0v) is 19.4. The van der Waals surface area contributed by atoms with E-state index in [1.54, 1.807) is 0 Å². The van der Waals surface area contributed by atoms with Gasteiger partial charge < -0.3 is 21.3 Å². The lowest BCUT2D eigenvalue weighted by Crippen LogP contribution is -2.54. The van der Waals surface area contributed by atoms with Gasteiger partial charge in [-0.15, -0.1) is 0 Å². The lowest BCUT2D eigenvalue weighted by molar-refractivity contribution is 0.0745. The number of carbonyl (C=O) groups is 2. The Bertz CT molecular complexity index is 582. The molecule has 0 spiro atoms. The lowest BCUT2D eigenvalue weighted by atomic mass is 9.62. The third-order valence-electron chi connectivity index (χ3n) is 7.34. The molecule has 3 rings (SSSR count). The van der Waals surface area contributed by atoms with E-state index in [9.17, 15) is 9.59 Å². The Balaban J connectivity index is 1.48. The van der Waals surface area contributed by atoms with Crippen LogP contribution in [0.1, 0.15) is 104 Å². The van der Waals surface area contributed by atoms with Gasteiger partial charge >= 0.3 is 12.1 Å². The van der Waals surface area contributed by atoms with Crippen molar-refractivity contribution in [1.82, 2.24) is 21.3 Å². The lowest BCUT2D eigenvalue weighted by Gasteiger charge is -2.47. The maximum absolute atomic E-state index is 12.6. The van der Waals surface area contributed by atoms with E-state index >= 15 is 0 Å². The molecule has 0 aromatic carbocycles. The molecule has 4 N–H and O–H groups in total. The molecule has 0 saturated heterocycles. The monoisotopic (exact) mass is 420 g/mol. The van der Waals surface area contributed by atoms with Gasteiger partial charge in [-0.2, -0.15) is 0 Å². The highest BCUT2D eigenvalue weighted by Crippen LogP contribution is 2.45. The van der Waals surface area contributed by atoms with Crippen molar-refractivity contribution < 1.29 is 9.59 Å². The van der Waals surface area contributed by atoms with Crippen LogP contribution in [0.15, 0.2) is 0 Å². The first-order valence-corrected chi connectivity index (χ1v) is 12.3. The number of hydrogen-bond donors (Lipinski definition) is 4. The second-order valence-corrected chi connectivity index (χ2v) is 11.4. The van der Waals surface area contributed by atoms with Crippen LogP contribution in [0.2, 0.25) is 0 Å². The highest BCUT2D eigenvalue weighted by Gasteiger charge is 2.42. The second kappa shape index (κ2) is 10.2. The quantitative estimate of drug-likeness (QED) is 0.513. The van der Waals surface area contributed by atoms with Crippen LogP contribution < -0.4 is 21.3 Å². The van der Waals surface area contributed by atoms with Gasteiger partial charge in [0.25, 0.3) is 0 Å². The molecule has 3 fully saturated rings. The predicted octanol–water partition coefficient (Wildman–Crippen LogP) is 4.84. The molecule has 0 radical (unpaired) electrons. The Morgan fingerprint density at radius 3 is 1.77 bits per heavy atom. The van der Waals surface area contributed by atoms with Gasteiger partial charge in [0.2, 0.25) is 0 Å². The Labute approximate surface area is 183 Å². The fraction of sp³-hybridized carbons (Fsp3) is 0.917. The number of hydrogen-bond acceptors (Lipinski definition) is 2. The molecule has 0 heterocycles. The van der Waals surface area contributed by atoms with E-state index in [0.717, 1.165) is 44.9 Å². The van der Waals surface area contributed by atoms with E-state index in [0.29, 0.717) is 18.6 Å². The summed E-state index contributed by atoms with van der Waals surface area (Å²) in [5.41, 5.74) is 0.117. The van der Waals surface area contributed by atoms with Crippen molar-refractivity contribution in [2.24, 2.45) is 10.8 Å². The number of amides is 4. The molecule has 0 unspecified atom stereocenters. The van der Waals surface area contributed by atoms with Crippen molar-refractivity contribution >= 4 is 12.1 Å². The molecule has 4 amide bonds. The molecule has 0 aliphatic heterocycles. The van der Waals surface area contributed by atoms with Crippen LogP contribution >= 0.6 is 0 Å². The number of urea groups is 2. The van der Waals surface area contributed by atoms with Gasteiger partial charge in [0.15, 0.2) is 0 Å². The second-order valence-electron chi connectivity index (χ2n) is 11.4. The maximum Gasteiger partial charge on any atom is 0.315 e. The molecule has 0 aromatic heterocycles. The van der Waals surface area contributed by atoms with E-state index in [2.05, 4.69) is 42.0 Å². The van der Waals surface area contributed by atoms with Gasteiger partial charge in [-0.05, 0) is 55.8 Å². The molecule has 30 heavy (non-hydrogen) atoms. The van der Waals surface area contributed by atoms with Gasteiger partial charge in [-0.1, -0.05) is 59.3 Å². The van der Waals surface area contributed by atoms with E-state index in [4.69, 9.17) is 0 Å². The Morgan fingerprint density at radius 2 is 1.20 bits per heavy atom. The summed E-state index contributed by atoms with van der Waals surface area (Å²) in [6.45, 7) is 7.46. The Kier molecular flexibility index (Phi) is 7.92. The molecule has 3 aliphatic carbocycles. The van der Waals surface area contributed by atoms with Crippen molar-refractivity contribution in [2.75, 3.05) is 6.54 Å². The average Bonchev–Trinajstić information content (AvgIpc) is 2.66. The molecule has 0 bridgehead atoms. The molecule has 6 heteroatoms. The largest absolute Gasteiger partial charge is 0.338 e. The third kappa shape index (κ3) is 7.35. The molecular formula is C24H44N4O2. The highest BCUT2D eigenvalue weighted by atomic mass is 16.2. The summed E-state index contributed by atoms with van der Waals surface area (Å²) >= 11 is 0. The minimum Gasteiger partial charge on any atom is -0.338 e. The third-order valence-corrected chi connectivity index (χ3v) is 7.34. The van der Waals surface area contributed by atoms with Crippen molar-refractivity contribution in [1.29, 1.82) is 0 Å². The molecule has 6 nitrogen and oxygen atoms in total. The normalized spacial score (nSPS) is 30.3. The van der Waals surface area contributed by atoms with Gasteiger partial charge in [0.1, 0.15) is 0 Å². The van der Waals surface area contributed by atoms with Crippen molar-refractivity contribution in [2.45, 2.75) is 122 Å². The van der Waals surface area contributed by atoms with Gasteiger partial charge in [-0.3, -0.25) is 0 Å². The molecule has 3 saturated carbocycles. The van der Waals surface area contributed by atoms with Crippen LogP contribution in [0.25, 0.3) is 0 Å². The van der Waals surface area contributed by atoms with E-state index in [1.807, 2.05) is 0 Å². The Hall–Kier alpha value is -1.46. The first-order chi connectivity index (χ1) is 14.2. The van der Waals surface area contributed by atoms with Gasteiger partial charge in [0.05, 0.1) is 0 Å². The fourth-order valence-electron chi connectivity index (χ4n) is 6.31. The maximum atomic E-state index is 12.6. The molecule has 172 valence electrons. The number of rotatable bonds is 5. The summed E-state index contributed by atoms with van der Waals surface area (Å²) in [5, 5.41) is 12.7. The zero-order chi connectivity index (χ0) is 21.6. The van der Waals surface area contributed by atoms with Crippen LogP contribution in [0.5, 0.6) is 0 Å². The smallest absolute Gasteiger partial charge is 0.315 e. The summed E-state index contributed by atoms with van der Waals surface area (Å²) in [7, 11) is 0. The summed E-state index contributed by atoms with van der Waals surface area (Å²) in [6.07, 6.45) is 14.8. The first-order valence-electron chi connectivity index (χ1n) is 12.3. The fourth-order valence-corrected chi connectivity index (χ4v) is 6.31. The minimum absolute atomic E-state index is 0.0186. The van der Waals surface area contributed by atoms with E-state index in [-0.39, 0.29) is 28.9 Å². The van der Waals surface area contributed by atoms with Crippen molar-refractivity contribution in [3.05, 3.63) is 0 Å². The first kappa shape index (κ1) is 23.2. The minimum atomic E-state index is -0.0361.